The Kier molecular flexibility index (Phi) is 12.1. The number of aromatic nitrogens is 3. The van der Waals surface area contributed by atoms with Crippen molar-refractivity contribution in [2.75, 3.05) is 56.7 Å². The SMILES string of the molecule is C#Cc1c(F)ccc2cc(O)cc(-c3ncc4c(N5CC6CCC(C5)N6C(=O)OCC(C)SSC[C@H](N)C(=O)OCC)nc(OC[C@@]56CCCN5C[C@H](F)C6)nc4c3F)c12. The molecule has 2 bridgehead atoms. The number of phenolic OH excluding ortho intramolecular Hbond substituents is 1. The molecule has 4 aliphatic heterocycles. The number of terminal acetylenes is 1. The Morgan fingerprint density at radius 2 is 1.93 bits per heavy atom. The lowest BCUT2D eigenvalue weighted by molar-refractivity contribution is -0.144. The van der Waals surface area contributed by atoms with E-state index in [9.17, 15) is 19.1 Å². The maximum atomic E-state index is 17.1. The number of ether oxygens (including phenoxy) is 3. The molecule has 3 unspecified atom stereocenters. The van der Waals surface area contributed by atoms with E-state index in [1.54, 1.807) is 11.8 Å². The highest BCUT2D eigenvalue weighted by Crippen LogP contribution is 2.43. The van der Waals surface area contributed by atoms with Gasteiger partial charge in [0.25, 0.3) is 0 Å². The molecule has 4 aromatic rings. The fraction of sp³-hybridized carbons (Fsp3) is 0.500. The number of hydrogen-bond donors (Lipinski definition) is 2. The molecule has 1 amide bonds. The van der Waals surface area contributed by atoms with Gasteiger partial charge >= 0.3 is 18.1 Å². The van der Waals surface area contributed by atoms with Crippen molar-refractivity contribution in [3.05, 3.63) is 47.7 Å². The number of rotatable bonds is 13. The molecule has 6 atom stereocenters. The molecule has 13 nitrogen and oxygen atoms in total. The predicted octanol–water partition coefficient (Wildman–Crippen LogP) is 6.22. The van der Waals surface area contributed by atoms with Crippen molar-refractivity contribution in [1.29, 1.82) is 0 Å². The molecular formula is C42H46F3N7O6S2. The van der Waals surface area contributed by atoms with Crippen LogP contribution >= 0.6 is 21.6 Å². The molecule has 0 spiro atoms. The summed E-state index contributed by atoms with van der Waals surface area (Å²) in [6.45, 7) is 5.97. The van der Waals surface area contributed by atoms with Crippen molar-refractivity contribution in [3.8, 4) is 35.4 Å². The number of fused-ring (bicyclic) bond motifs is 5. The summed E-state index contributed by atoms with van der Waals surface area (Å²) in [6.07, 6.45) is 9.15. The molecule has 6 heterocycles. The van der Waals surface area contributed by atoms with Crippen LogP contribution in [0.5, 0.6) is 11.8 Å². The third kappa shape index (κ3) is 8.08. The molecule has 0 saturated carbocycles. The lowest BCUT2D eigenvalue weighted by Crippen LogP contribution is -2.56. The fourth-order valence-corrected chi connectivity index (χ4v) is 11.4. The molecule has 4 aliphatic rings. The van der Waals surface area contributed by atoms with Gasteiger partial charge in [-0.2, -0.15) is 9.97 Å². The first kappa shape index (κ1) is 42.0. The van der Waals surface area contributed by atoms with E-state index in [2.05, 4.69) is 20.8 Å². The second-order valence-electron chi connectivity index (χ2n) is 15.9. The van der Waals surface area contributed by atoms with Crippen LogP contribution in [-0.4, -0.2) is 129 Å². The maximum Gasteiger partial charge on any atom is 0.410 e. The number of halogens is 3. The first-order chi connectivity index (χ1) is 28.9. The van der Waals surface area contributed by atoms with Crippen LogP contribution < -0.4 is 15.4 Å². The molecule has 2 aromatic carbocycles. The van der Waals surface area contributed by atoms with Gasteiger partial charge in [-0.1, -0.05) is 33.6 Å². The Hall–Kier alpha value is -4.70. The van der Waals surface area contributed by atoms with Crippen molar-refractivity contribution in [3.63, 3.8) is 0 Å². The Morgan fingerprint density at radius 1 is 1.15 bits per heavy atom. The zero-order chi connectivity index (χ0) is 42.3. The van der Waals surface area contributed by atoms with E-state index < -0.39 is 41.4 Å². The van der Waals surface area contributed by atoms with Crippen LogP contribution in [0.15, 0.2) is 30.5 Å². The standard InChI is InChI=1S/C42H46F3N7O6S2/c1-4-29-32(44)10-7-24-13-28(53)14-30(34(24)29)36-35(45)37-31(16-47-36)38(49-40(48-37)58-22-42-11-6-12-51(42)17-25(43)15-42)50-18-26-8-9-27(19-50)52(26)41(55)57-20-23(3)60-59-21-33(46)39(54)56-5-2/h1,7,10,13-14,16,23,25-27,33,53H,5-6,8-9,11-12,15,17-22,46H2,2-3H3/t23?,25-,26?,27?,33+,42+/m1/s1. The summed E-state index contributed by atoms with van der Waals surface area (Å²) in [4.78, 5) is 45.1. The summed E-state index contributed by atoms with van der Waals surface area (Å²) in [5, 5.41) is 11.5. The number of pyridine rings is 1. The Labute approximate surface area is 353 Å². The van der Waals surface area contributed by atoms with Gasteiger partial charge in [0.05, 0.1) is 35.2 Å². The number of amides is 1. The largest absolute Gasteiger partial charge is 0.508 e. The summed E-state index contributed by atoms with van der Waals surface area (Å²) < 4.78 is 63.9. The Balaban J connectivity index is 1.07. The van der Waals surface area contributed by atoms with Crippen LogP contribution in [0.4, 0.5) is 23.8 Å². The molecular weight excluding hydrogens is 820 g/mol. The van der Waals surface area contributed by atoms with Gasteiger partial charge in [0.1, 0.15) is 54.0 Å². The molecule has 8 rings (SSSR count). The zero-order valence-corrected chi connectivity index (χ0v) is 34.9. The number of aromatic hydroxyl groups is 1. The van der Waals surface area contributed by atoms with Crippen molar-refractivity contribution in [1.82, 2.24) is 24.8 Å². The van der Waals surface area contributed by atoms with Crippen molar-refractivity contribution < 1.29 is 42.1 Å². The quantitative estimate of drug-likeness (QED) is 0.0888. The van der Waals surface area contributed by atoms with Gasteiger partial charge in [-0.15, -0.1) is 6.42 Å². The fourth-order valence-electron chi connectivity index (χ4n) is 9.13. The highest BCUT2D eigenvalue weighted by atomic mass is 33.1. The number of piperazine rings is 1. The minimum Gasteiger partial charge on any atom is -0.508 e. The number of carbonyl (C=O) groups excluding carboxylic acids is 2. The molecule has 60 heavy (non-hydrogen) atoms. The summed E-state index contributed by atoms with van der Waals surface area (Å²) in [5.41, 5.74) is 5.02. The topological polar surface area (TPSA) is 156 Å². The third-order valence-corrected chi connectivity index (χ3v) is 14.7. The summed E-state index contributed by atoms with van der Waals surface area (Å²) in [6, 6.07) is 4.03. The van der Waals surface area contributed by atoms with Gasteiger partial charge in [0, 0.05) is 54.2 Å². The number of hydrogen-bond acceptors (Lipinski definition) is 14. The van der Waals surface area contributed by atoms with E-state index in [1.165, 1.54) is 52.1 Å². The summed E-state index contributed by atoms with van der Waals surface area (Å²) in [5.74, 6) is 0.882. The normalized spacial score (nSPS) is 23.4. The number of carbonyl (C=O) groups is 2. The average molecular weight is 866 g/mol. The highest BCUT2D eigenvalue weighted by Gasteiger charge is 2.50. The van der Waals surface area contributed by atoms with Gasteiger partial charge in [-0.3, -0.25) is 19.6 Å². The van der Waals surface area contributed by atoms with Crippen LogP contribution in [0.3, 0.4) is 0 Å². The molecule has 4 fully saturated rings. The molecule has 318 valence electrons. The molecule has 3 N–H and O–H groups in total. The van der Waals surface area contributed by atoms with Crippen LogP contribution in [0, 0.1) is 24.0 Å². The molecule has 4 saturated heterocycles. The maximum absolute atomic E-state index is 17.1. The lowest BCUT2D eigenvalue weighted by atomic mass is 9.95. The van der Waals surface area contributed by atoms with Crippen molar-refractivity contribution in [2.24, 2.45) is 5.73 Å². The van der Waals surface area contributed by atoms with Crippen molar-refractivity contribution >= 4 is 61.1 Å². The van der Waals surface area contributed by atoms with Gasteiger partial charge < -0.3 is 30.0 Å². The third-order valence-electron chi connectivity index (χ3n) is 11.8. The molecule has 2 aromatic heterocycles. The average Bonchev–Trinajstić information content (AvgIpc) is 3.85. The molecule has 0 radical (unpaired) electrons. The highest BCUT2D eigenvalue weighted by molar-refractivity contribution is 8.77. The number of esters is 1. The van der Waals surface area contributed by atoms with Crippen LogP contribution in [0.25, 0.3) is 32.9 Å². The van der Waals surface area contributed by atoms with Crippen LogP contribution in [0.2, 0.25) is 0 Å². The van der Waals surface area contributed by atoms with Gasteiger partial charge in [0.15, 0.2) is 5.82 Å². The Morgan fingerprint density at radius 3 is 2.68 bits per heavy atom. The van der Waals surface area contributed by atoms with E-state index >= 15 is 8.78 Å². The number of nitrogens with zero attached hydrogens (tertiary/aromatic N) is 6. The second-order valence-corrected chi connectivity index (χ2v) is 18.7. The summed E-state index contributed by atoms with van der Waals surface area (Å²) >= 11 is 0. The minimum atomic E-state index is -0.982. The molecule has 0 aliphatic carbocycles. The number of alkyl halides is 1. The van der Waals surface area contributed by atoms with E-state index in [0.717, 1.165) is 19.4 Å². The second kappa shape index (κ2) is 17.3. The van der Waals surface area contributed by atoms with Crippen LogP contribution in [-0.2, 0) is 14.3 Å². The van der Waals surface area contributed by atoms with Crippen LogP contribution in [0.1, 0.15) is 51.5 Å². The van der Waals surface area contributed by atoms with E-state index in [1.807, 2.05) is 11.8 Å². The number of anilines is 1. The number of nitrogens with two attached hydrogens (primary N) is 1. The predicted molar refractivity (Wildman–Crippen MR) is 225 cm³/mol. The van der Waals surface area contributed by atoms with E-state index in [4.69, 9.17) is 31.4 Å². The zero-order valence-electron chi connectivity index (χ0n) is 33.2. The van der Waals surface area contributed by atoms with Gasteiger partial charge in [-0.05, 0) is 69.7 Å². The van der Waals surface area contributed by atoms with E-state index in [-0.39, 0.29) is 82.0 Å². The minimum absolute atomic E-state index is 0.0729. The first-order valence-corrected chi connectivity index (χ1v) is 22.5. The van der Waals surface area contributed by atoms with Gasteiger partial charge in [-0.25, -0.2) is 18.0 Å². The number of benzene rings is 2. The van der Waals surface area contributed by atoms with Crippen molar-refractivity contribution in [2.45, 2.75) is 81.0 Å². The molecule has 18 heteroatoms. The Bertz CT molecular complexity index is 2340. The monoisotopic (exact) mass is 865 g/mol. The number of phenols is 1. The summed E-state index contributed by atoms with van der Waals surface area (Å²) in [7, 11) is 2.88. The first-order valence-electron chi connectivity index (χ1n) is 20.1. The lowest BCUT2D eigenvalue weighted by Gasteiger charge is -2.41. The van der Waals surface area contributed by atoms with E-state index in [0.29, 0.717) is 55.9 Å². The van der Waals surface area contributed by atoms with Gasteiger partial charge in [0.2, 0.25) is 0 Å². The smallest absolute Gasteiger partial charge is 0.410 e.